The molecule has 2 aromatic carbocycles. The largest absolute Gasteiger partial charge is 0.377 e. The average Bonchev–Trinajstić information content (AvgIpc) is 3.31. The summed E-state index contributed by atoms with van der Waals surface area (Å²) in [6.07, 6.45) is 2.77. The number of sulfonamides is 1. The second-order valence-electron chi connectivity index (χ2n) is 7.49. The molecule has 3 N–H and O–H groups in total. The number of guanidine groups is 1. The minimum Gasteiger partial charge on any atom is -0.377 e. The smallest absolute Gasteiger partial charge is 0.240 e. The number of ether oxygens (including phenoxy) is 1. The first-order valence-corrected chi connectivity index (χ1v) is 12.3. The van der Waals surface area contributed by atoms with Crippen molar-refractivity contribution in [2.75, 3.05) is 26.2 Å². The van der Waals surface area contributed by atoms with Gasteiger partial charge in [-0.05, 0) is 49.4 Å². The zero-order chi connectivity index (χ0) is 21.9. The van der Waals surface area contributed by atoms with Crippen molar-refractivity contribution >= 4 is 16.0 Å². The van der Waals surface area contributed by atoms with Crippen LogP contribution in [0.1, 0.15) is 30.9 Å². The molecule has 2 aromatic rings. The van der Waals surface area contributed by atoms with Gasteiger partial charge in [0.2, 0.25) is 10.0 Å². The van der Waals surface area contributed by atoms with E-state index in [1.807, 2.05) is 25.1 Å². The first-order valence-electron chi connectivity index (χ1n) is 10.8. The highest BCUT2D eigenvalue weighted by atomic mass is 32.2. The van der Waals surface area contributed by atoms with Crippen molar-refractivity contribution in [3.8, 4) is 0 Å². The summed E-state index contributed by atoms with van der Waals surface area (Å²) in [7, 11) is -3.53. The molecule has 7 nitrogen and oxygen atoms in total. The van der Waals surface area contributed by atoms with Gasteiger partial charge in [0.05, 0.1) is 17.5 Å². The summed E-state index contributed by atoms with van der Waals surface area (Å²) in [5, 5.41) is 6.58. The van der Waals surface area contributed by atoms with Gasteiger partial charge >= 0.3 is 0 Å². The van der Waals surface area contributed by atoms with Crippen LogP contribution in [0.4, 0.5) is 0 Å². The molecule has 1 aliphatic heterocycles. The number of hydrogen-bond donors (Lipinski definition) is 3. The zero-order valence-corrected chi connectivity index (χ0v) is 18.8. The Hall–Kier alpha value is -2.42. The first kappa shape index (κ1) is 23.2. The first-order chi connectivity index (χ1) is 15.1. The maximum Gasteiger partial charge on any atom is 0.240 e. The maximum absolute atomic E-state index is 12.5. The van der Waals surface area contributed by atoms with Crippen LogP contribution in [0, 0.1) is 0 Å². The number of benzene rings is 2. The monoisotopic (exact) mass is 444 g/mol. The van der Waals surface area contributed by atoms with Crippen LogP contribution in [0.5, 0.6) is 0 Å². The summed E-state index contributed by atoms with van der Waals surface area (Å²) in [6.45, 7) is 5.06. The fraction of sp³-hybridized carbons (Fsp3) is 0.435. The quantitative estimate of drug-likeness (QED) is 0.387. The third-order valence-corrected chi connectivity index (χ3v) is 6.51. The van der Waals surface area contributed by atoms with Crippen LogP contribution >= 0.6 is 0 Å². The summed E-state index contributed by atoms with van der Waals surface area (Å²) in [5.41, 5.74) is 2.22. The molecular weight excluding hydrogens is 412 g/mol. The topological polar surface area (TPSA) is 91.8 Å². The molecule has 168 valence electrons. The van der Waals surface area contributed by atoms with Crippen molar-refractivity contribution in [3.05, 3.63) is 65.7 Å². The third-order valence-electron chi connectivity index (χ3n) is 5.07. The normalized spacial score (nSPS) is 16.9. The molecule has 8 heteroatoms. The van der Waals surface area contributed by atoms with E-state index in [-0.39, 0.29) is 11.0 Å². The van der Waals surface area contributed by atoms with Crippen LogP contribution < -0.4 is 15.4 Å². The lowest BCUT2D eigenvalue weighted by Gasteiger charge is -2.12. The Morgan fingerprint density at radius 1 is 1.06 bits per heavy atom. The van der Waals surface area contributed by atoms with Crippen molar-refractivity contribution in [1.82, 2.24) is 15.4 Å². The van der Waals surface area contributed by atoms with E-state index in [2.05, 4.69) is 32.5 Å². The zero-order valence-electron chi connectivity index (χ0n) is 18.0. The fourth-order valence-corrected chi connectivity index (χ4v) is 4.41. The van der Waals surface area contributed by atoms with Crippen molar-refractivity contribution < 1.29 is 13.2 Å². The molecule has 31 heavy (non-hydrogen) atoms. The molecule has 1 unspecified atom stereocenters. The van der Waals surface area contributed by atoms with Crippen molar-refractivity contribution in [2.24, 2.45) is 4.99 Å². The van der Waals surface area contributed by atoms with Gasteiger partial charge in [-0.3, -0.25) is 0 Å². The third kappa shape index (κ3) is 7.65. The predicted molar refractivity (Wildman–Crippen MR) is 124 cm³/mol. The van der Waals surface area contributed by atoms with Crippen LogP contribution in [0.25, 0.3) is 0 Å². The van der Waals surface area contributed by atoms with Crippen LogP contribution in [0.2, 0.25) is 0 Å². The van der Waals surface area contributed by atoms with Gasteiger partial charge in [0, 0.05) is 26.2 Å². The Morgan fingerprint density at radius 3 is 2.52 bits per heavy atom. The Balaban J connectivity index is 1.51. The standard InChI is InChI=1S/C23H32N4O3S/c1-2-24-23(25-15-14-19-7-4-3-5-8-19)26-17-20-10-12-22(13-11-20)31(28,29)27-18-21-9-6-16-30-21/h3-5,7-8,10-13,21,27H,2,6,9,14-18H2,1H3,(H2,24,25,26). The Kier molecular flexibility index (Phi) is 8.87. The second kappa shape index (κ2) is 11.8. The SMILES string of the molecule is CCNC(=NCc1ccc(S(=O)(=O)NCC2CCCO2)cc1)NCCc1ccccc1. The van der Waals surface area contributed by atoms with Crippen molar-refractivity contribution in [3.63, 3.8) is 0 Å². The molecule has 1 fully saturated rings. The Morgan fingerprint density at radius 2 is 1.84 bits per heavy atom. The molecule has 1 heterocycles. The molecule has 1 aliphatic rings. The molecule has 1 atom stereocenters. The molecule has 0 aliphatic carbocycles. The lowest BCUT2D eigenvalue weighted by Crippen LogP contribution is -2.38. The minimum atomic E-state index is -3.53. The second-order valence-corrected chi connectivity index (χ2v) is 9.26. The van der Waals surface area contributed by atoms with E-state index in [1.165, 1.54) is 5.56 Å². The van der Waals surface area contributed by atoms with E-state index in [9.17, 15) is 8.42 Å². The van der Waals surface area contributed by atoms with Crippen LogP contribution in [0.15, 0.2) is 64.5 Å². The fourth-order valence-electron chi connectivity index (χ4n) is 3.35. The molecular formula is C23H32N4O3S. The van der Waals surface area contributed by atoms with Gasteiger partial charge in [0.25, 0.3) is 0 Å². The number of nitrogens with zero attached hydrogens (tertiary/aromatic N) is 1. The van der Waals surface area contributed by atoms with Gasteiger partial charge < -0.3 is 15.4 Å². The maximum atomic E-state index is 12.5. The molecule has 0 bridgehead atoms. The Bertz CT molecular complexity index is 925. The van der Waals surface area contributed by atoms with E-state index >= 15 is 0 Å². The van der Waals surface area contributed by atoms with Crippen molar-refractivity contribution in [2.45, 2.75) is 43.7 Å². The summed E-state index contributed by atoms with van der Waals surface area (Å²) >= 11 is 0. The summed E-state index contributed by atoms with van der Waals surface area (Å²) in [4.78, 5) is 4.86. The molecule has 0 saturated carbocycles. The highest BCUT2D eigenvalue weighted by Gasteiger charge is 2.20. The lowest BCUT2D eigenvalue weighted by atomic mass is 10.1. The Labute approximate surface area is 185 Å². The summed E-state index contributed by atoms with van der Waals surface area (Å²) in [6, 6.07) is 17.2. The average molecular weight is 445 g/mol. The molecule has 1 saturated heterocycles. The summed E-state index contributed by atoms with van der Waals surface area (Å²) in [5.74, 6) is 0.744. The van der Waals surface area contributed by atoms with Gasteiger partial charge in [0.15, 0.2) is 5.96 Å². The van der Waals surface area contributed by atoms with E-state index in [4.69, 9.17) is 4.74 Å². The van der Waals surface area contributed by atoms with Gasteiger partial charge in [0.1, 0.15) is 0 Å². The van der Waals surface area contributed by atoms with Crippen LogP contribution in [-0.4, -0.2) is 46.7 Å². The summed E-state index contributed by atoms with van der Waals surface area (Å²) < 4.78 is 33.1. The van der Waals surface area contributed by atoms with E-state index in [0.29, 0.717) is 19.7 Å². The number of hydrogen-bond acceptors (Lipinski definition) is 4. The van der Waals surface area contributed by atoms with Gasteiger partial charge in [-0.2, -0.15) is 0 Å². The predicted octanol–water partition coefficient (Wildman–Crippen LogP) is 2.44. The molecule has 0 spiro atoms. The lowest BCUT2D eigenvalue weighted by molar-refractivity contribution is 0.114. The van der Waals surface area contributed by atoms with Crippen molar-refractivity contribution in [1.29, 1.82) is 0 Å². The van der Waals surface area contributed by atoms with Gasteiger partial charge in [-0.1, -0.05) is 42.5 Å². The molecule has 0 aromatic heterocycles. The van der Waals surface area contributed by atoms with E-state index < -0.39 is 10.0 Å². The molecule has 3 rings (SSSR count). The highest BCUT2D eigenvalue weighted by Crippen LogP contribution is 2.14. The molecule has 0 radical (unpaired) electrons. The van der Waals surface area contributed by atoms with E-state index in [0.717, 1.165) is 43.9 Å². The number of nitrogens with one attached hydrogen (secondary N) is 3. The van der Waals surface area contributed by atoms with Crippen LogP contribution in [-0.2, 0) is 27.7 Å². The van der Waals surface area contributed by atoms with Crippen LogP contribution in [0.3, 0.4) is 0 Å². The van der Waals surface area contributed by atoms with Gasteiger partial charge in [-0.25, -0.2) is 18.1 Å². The minimum absolute atomic E-state index is 0.0257. The number of aliphatic imine (C=N–C) groups is 1. The molecule has 0 amide bonds. The van der Waals surface area contributed by atoms with E-state index in [1.54, 1.807) is 24.3 Å². The number of rotatable bonds is 10. The highest BCUT2D eigenvalue weighted by molar-refractivity contribution is 7.89. The van der Waals surface area contributed by atoms with Gasteiger partial charge in [-0.15, -0.1) is 0 Å².